The van der Waals surface area contributed by atoms with Gasteiger partial charge in [-0.1, -0.05) is 0 Å². The third-order valence-corrected chi connectivity index (χ3v) is 2.85. The fourth-order valence-corrected chi connectivity index (χ4v) is 2.08. The molecule has 1 aliphatic rings. The molecule has 0 saturated carbocycles. The molecule has 0 amide bonds. The van der Waals surface area contributed by atoms with Gasteiger partial charge in [0.1, 0.15) is 17.5 Å². The summed E-state index contributed by atoms with van der Waals surface area (Å²) in [4.78, 5) is 0. The topological polar surface area (TPSA) is 32.3 Å². The quantitative estimate of drug-likeness (QED) is 0.814. The maximum Gasteiger partial charge on any atom is 0.133 e. The van der Waals surface area contributed by atoms with Crippen LogP contribution in [0.25, 0.3) is 0 Å². The van der Waals surface area contributed by atoms with Gasteiger partial charge in [-0.3, -0.25) is 0 Å². The molecule has 1 saturated heterocycles. The zero-order valence-corrected chi connectivity index (χ0v) is 8.51. The fourth-order valence-electron chi connectivity index (χ4n) is 2.08. The first-order valence-corrected chi connectivity index (χ1v) is 5.13. The van der Waals surface area contributed by atoms with E-state index in [1.54, 1.807) is 0 Å². The Morgan fingerprint density at radius 2 is 1.81 bits per heavy atom. The van der Waals surface area contributed by atoms with Crippen molar-refractivity contribution < 1.29 is 18.3 Å². The standard InChI is InChI=1S/C11H12F3NO/c12-6-3-8(13)11(9(14)4-6)10-2-1-7(5-16)15-10/h3-4,7,10,15-16H,1-2,5H2/t7-,10+/m1/s1. The van der Waals surface area contributed by atoms with Crippen molar-refractivity contribution >= 4 is 0 Å². The number of hydrogen-bond donors (Lipinski definition) is 2. The van der Waals surface area contributed by atoms with Gasteiger partial charge in [0.05, 0.1) is 6.61 Å². The summed E-state index contributed by atoms with van der Waals surface area (Å²) in [5, 5.41) is 11.8. The second-order valence-electron chi connectivity index (χ2n) is 3.96. The van der Waals surface area contributed by atoms with Crippen molar-refractivity contribution in [1.29, 1.82) is 0 Å². The van der Waals surface area contributed by atoms with Gasteiger partial charge < -0.3 is 10.4 Å². The van der Waals surface area contributed by atoms with E-state index in [4.69, 9.17) is 5.11 Å². The Hall–Kier alpha value is -1.07. The third-order valence-electron chi connectivity index (χ3n) is 2.85. The Morgan fingerprint density at radius 1 is 1.19 bits per heavy atom. The summed E-state index contributed by atoms with van der Waals surface area (Å²) in [6.45, 7) is -0.0685. The number of aliphatic hydroxyl groups is 1. The highest BCUT2D eigenvalue weighted by molar-refractivity contribution is 5.25. The van der Waals surface area contributed by atoms with E-state index in [0.29, 0.717) is 25.0 Å². The first-order chi connectivity index (χ1) is 7.61. The molecule has 1 aromatic carbocycles. The van der Waals surface area contributed by atoms with Crippen LogP contribution in [0.15, 0.2) is 12.1 Å². The van der Waals surface area contributed by atoms with Crippen LogP contribution < -0.4 is 5.32 Å². The lowest BCUT2D eigenvalue weighted by Crippen LogP contribution is -2.28. The number of aliphatic hydroxyl groups excluding tert-OH is 1. The van der Waals surface area contributed by atoms with Crippen LogP contribution in [0.2, 0.25) is 0 Å². The molecule has 5 heteroatoms. The highest BCUT2D eigenvalue weighted by Crippen LogP contribution is 2.30. The molecule has 2 N–H and O–H groups in total. The van der Waals surface area contributed by atoms with Crippen molar-refractivity contribution in [1.82, 2.24) is 5.32 Å². The first kappa shape index (κ1) is 11.4. The van der Waals surface area contributed by atoms with Crippen LogP contribution in [0.5, 0.6) is 0 Å². The smallest absolute Gasteiger partial charge is 0.133 e. The minimum Gasteiger partial charge on any atom is -0.395 e. The number of rotatable bonds is 2. The van der Waals surface area contributed by atoms with E-state index < -0.39 is 23.5 Å². The molecule has 2 atom stereocenters. The van der Waals surface area contributed by atoms with Gasteiger partial charge in [-0.05, 0) is 12.8 Å². The Labute approximate surface area is 91.1 Å². The predicted molar refractivity (Wildman–Crippen MR) is 52.3 cm³/mol. The Bertz CT molecular complexity index is 374. The van der Waals surface area contributed by atoms with Crippen LogP contribution >= 0.6 is 0 Å². The molecule has 88 valence electrons. The van der Waals surface area contributed by atoms with Crippen molar-refractivity contribution in [2.45, 2.75) is 24.9 Å². The second-order valence-corrected chi connectivity index (χ2v) is 3.96. The molecule has 0 bridgehead atoms. The van der Waals surface area contributed by atoms with Crippen molar-refractivity contribution in [3.63, 3.8) is 0 Å². The van der Waals surface area contributed by atoms with Crippen molar-refractivity contribution in [2.75, 3.05) is 6.61 Å². The zero-order valence-electron chi connectivity index (χ0n) is 8.51. The molecule has 0 spiro atoms. The predicted octanol–water partition coefficient (Wildman–Crippen LogP) is 1.89. The maximum absolute atomic E-state index is 13.4. The van der Waals surface area contributed by atoms with E-state index in [0.717, 1.165) is 0 Å². The highest BCUT2D eigenvalue weighted by Gasteiger charge is 2.29. The van der Waals surface area contributed by atoms with E-state index in [-0.39, 0.29) is 18.2 Å². The van der Waals surface area contributed by atoms with Crippen LogP contribution in [0.3, 0.4) is 0 Å². The van der Waals surface area contributed by atoms with Gasteiger partial charge in [-0.25, -0.2) is 13.2 Å². The maximum atomic E-state index is 13.4. The van der Waals surface area contributed by atoms with Gasteiger partial charge in [0.25, 0.3) is 0 Å². The zero-order chi connectivity index (χ0) is 11.7. The third kappa shape index (κ3) is 2.05. The van der Waals surface area contributed by atoms with E-state index in [1.165, 1.54) is 0 Å². The van der Waals surface area contributed by atoms with Crippen LogP contribution in [-0.2, 0) is 0 Å². The van der Waals surface area contributed by atoms with Crippen LogP contribution in [0.1, 0.15) is 24.4 Å². The highest BCUT2D eigenvalue weighted by atomic mass is 19.1. The van der Waals surface area contributed by atoms with Crippen molar-refractivity contribution in [3.05, 3.63) is 35.1 Å². The lowest BCUT2D eigenvalue weighted by molar-refractivity contribution is 0.251. The van der Waals surface area contributed by atoms with E-state index in [2.05, 4.69) is 5.32 Å². The largest absolute Gasteiger partial charge is 0.395 e. The molecule has 1 heterocycles. The second kappa shape index (κ2) is 4.43. The Kier molecular flexibility index (Phi) is 3.16. The molecule has 1 aliphatic heterocycles. The van der Waals surface area contributed by atoms with E-state index in [1.807, 2.05) is 0 Å². The Balaban J connectivity index is 2.28. The molecule has 2 nitrogen and oxygen atoms in total. The number of benzene rings is 1. The van der Waals surface area contributed by atoms with E-state index >= 15 is 0 Å². The molecular weight excluding hydrogens is 219 g/mol. The average Bonchev–Trinajstić information content (AvgIpc) is 2.64. The van der Waals surface area contributed by atoms with Crippen LogP contribution in [-0.4, -0.2) is 17.8 Å². The molecule has 1 aromatic rings. The number of halogens is 3. The molecule has 0 radical (unpaired) electrons. The molecule has 16 heavy (non-hydrogen) atoms. The molecule has 0 aromatic heterocycles. The monoisotopic (exact) mass is 231 g/mol. The van der Waals surface area contributed by atoms with Crippen LogP contribution in [0, 0.1) is 17.5 Å². The van der Waals surface area contributed by atoms with Gasteiger partial charge in [0.15, 0.2) is 0 Å². The molecule has 1 fully saturated rings. The minimum atomic E-state index is -0.921. The number of hydrogen-bond acceptors (Lipinski definition) is 2. The molecule has 2 rings (SSSR count). The van der Waals surface area contributed by atoms with Gasteiger partial charge in [0.2, 0.25) is 0 Å². The molecular formula is C11H12F3NO. The summed E-state index contributed by atoms with van der Waals surface area (Å²) in [5.41, 5.74) is -0.141. The molecule has 0 unspecified atom stereocenters. The lowest BCUT2D eigenvalue weighted by Gasteiger charge is -2.14. The van der Waals surface area contributed by atoms with Gasteiger partial charge in [-0.2, -0.15) is 0 Å². The fraction of sp³-hybridized carbons (Fsp3) is 0.455. The van der Waals surface area contributed by atoms with Gasteiger partial charge in [0, 0.05) is 29.8 Å². The van der Waals surface area contributed by atoms with Gasteiger partial charge in [-0.15, -0.1) is 0 Å². The summed E-state index contributed by atoms with van der Waals surface area (Å²) >= 11 is 0. The summed E-state index contributed by atoms with van der Waals surface area (Å²) < 4.78 is 39.5. The minimum absolute atomic E-state index is 0.0685. The summed E-state index contributed by atoms with van der Waals surface area (Å²) in [5.74, 6) is -2.68. The Morgan fingerprint density at radius 3 is 2.31 bits per heavy atom. The normalized spacial score (nSPS) is 25.0. The van der Waals surface area contributed by atoms with Crippen LogP contribution in [0.4, 0.5) is 13.2 Å². The lowest BCUT2D eigenvalue weighted by atomic mass is 10.0. The summed E-state index contributed by atoms with van der Waals surface area (Å²) in [7, 11) is 0. The first-order valence-electron chi connectivity index (χ1n) is 5.13. The average molecular weight is 231 g/mol. The SMILES string of the molecule is OC[C@H]1CC[C@@H](c2c(F)cc(F)cc2F)N1. The van der Waals surface area contributed by atoms with Gasteiger partial charge >= 0.3 is 0 Å². The molecule has 0 aliphatic carbocycles. The summed E-state index contributed by atoms with van der Waals surface area (Å²) in [6, 6.07) is 0.713. The summed E-state index contributed by atoms with van der Waals surface area (Å²) in [6.07, 6.45) is 1.18. The number of nitrogens with one attached hydrogen (secondary N) is 1. The van der Waals surface area contributed by atoms with Crippen molar-refractivity contribution in [3.8, 4) is 0 Å². The van der Waals surface area contributed by atoms with Crippen molar-refractivity contribution in [2.24, 2.45) is 0 Å². The van der Waals surface area contributed by atoms with E-state index in [9.17, 15) is 13.2 Å².